The maximum absolute atomic E-state index is 11.9. The van der Waals surface area contributed by atoms with E-state index in [2.05, 4.69) is 5.32 Å². The van der Waals surface area contributed by atoms with Gasteiger partial charge in [0.15, 0.2) is 5.78 Å². The smallest absolute Gasteiger partial charge is 0.180 e. The SMILES string of the molecule is CCNCC(=O)c1cc(C)cc(C)c1OC. The Morgan fingerprint density at radius 2 is 2.06 bits per heavy atom. The van der Waals surface area contributed by atoms with Gasteiger partial charge >= 0.3 is 0 Å². The summed E-state index contributed by atoms with van der Waals surface area (Å²) in [7, 11) is 1.60. The molecule has 0 aliphatic rings. The number of nitrogens with one attached hydrogen (secondary N) is 1. The Morgan fingerprint density at radius 1 is 1.38 bits per heavy atom. The van der Waals surface area contributed by atoms with Crippen LogP contribution in [-0.4, -0.2) is 26.0 Å². The molecule has 0 saturated heterocycles. The summed E-state index contributed by atoms with van der Waals surface area (Å²) in [6, 6.07) is 3.90. The molecule has 0 heterocycles. The van der Waals surface area contributed by atoms with Gasteiger partial charge in [-0.1, -0.05) is 13.0 Å². The molecule has 1 aromatic carbocycles. The maximum Gasteiger partial charge on any atom is 0.180 e. The van der Waals surface area contributed by atoms with Gasteiger partial charge in [-0.3, -0.25) is 4.79 Å². The van der Waals surface area contributed by atoms with E-state index in [0.29, 0.717) is 17.9 Å². The molecular weight excluding hydrogens is 202 g/mol. The summed E-state index contributed by atoms with van der Waals surface area (Å²) in [5, 5.41) is 3.03. The standard InChI is InChI=1S/C13H19NO2/c1-5-14-8-12(15)11-7-9(2)6-10(3)13(11)16-4/h6-7,14H,5,8H2,1-4H3. The van der Waals surface area contributed by atoms with Crippen LogP contribution < -0.4 is 10.1 Å². The van der Waals surface area contributed by atoms with Crippen LogP contribution in [-0.2, 0) is 0 Å². The second-order valence-corrected chi connectivity index (χ2v) is 3.87. The summed E-state index contributed by atoms with van der Waals surface area (Å²) in [6.45, 7) is 7.06. The van der Waals surface area contributed by atoms with Crippen LogP contribution in [0.3, 0.4) is 0 Å². The molecule has 1 N–H and O–H groups in total. The van der Waals surface area contributed by atoms with E-state index in [1.807, 2.05) is 32.9 Å². The predicted octanol–water partition coefficient (Wildman–Crippen LogP) is 2.10. The number of ether oxygens (including phenoxy) is 1. The minimum Gasteiger partial charge on any atom is -0.496 e. The second-order valence-electron chi connectivity index (χ2n) is 3.87. The van der Waals surface area contributed by atoms with Crippen LogP contribution in [0.5, 0.6) is 5.75 Å². The Bertz CT molecular complexity index is 386. The Balaban J connectivity index is 3.05. The van der Waals surface area contributed by atoms with Crippen molar-refractivity contribution in [2.75, 3.05) is 20.2 Å². The lowest BCUT2D eigenvalue weighted by atomic mass is 10.0. The van der Waals surface area contributed by atoms with Crippen LogP contribution in [0.1, 0.15) is 28.4 Å². The molecule has 0 aromatic heterocycles. The highest BCUT2D eigenvalue weighted by molar-refractivity contribution is 6.00. The summed E-state index contributed by atoms with van der Waals surface area (Å²) in [6.07, 6.45) is 0. The van der Waals surface area contributed by atoms with Gasteiger partial charge < -0.3 is 10.1 Å². The Kier molecular flexibility index (Phi) is 4.50. The van der Waals surface area contributed by atoms with Gasteiger partial charge in [0.05, 0.1) is 19.2 Å². The normalized spacial score (nSPS) is 10.2. The molecule has 3 nitrogen and oxygen atoms in total. The molecule has 0 aliphatic heterocycles. The fourth-order valence-corrected chi connectivity index (χ4v) is 1.77. The van der Waals surface area contributed by atoms with Crippen LogP contribution >= 0.6 is 0 Å². The van der Waals surface area contributed by atoms with Gasteiger partial charge in [0.2, 0.25) is 0 Å². The number of hydrogen-bond donors (Lipinski definition) is 1. The average molecular weight is 221 g/mol. The van der Waals surface area contributed by atoms with E-state index in [9.17, 15) is 4.79 Å². The van der Waals surface area contributed by atoms with Gasteiger partial charge in [0.25, 0.3) is 0 Å². The van der Waals surface area contributed by atoms with Gasteiger partial charge in [-0.15, -0.1) is 0 Å². The third-order valence-electron chi connectivity index (χ3n) is 2.46. The number of aryl methyl sites for hydroxylation is 2. The average Bonchev–Trinajstić information content (AvgIpc) is 2.24. The molecule has 3 heteroatoms. The largest absolute Gasteiger partial charge is 0.496 e. The Morgan fingerprint density at radius 3 is 2.62 bits per heavy atom. The van der Waals surface area contributed by atoms with Crippen molar-refractivity contribution in [3.05, 3.63) is 28.8 Å². The molecule has 16 heavy (non-hydrogen) atoms. The second kappa shape index (κ2) is 5.66. The summed E-state index contributed by atoms with van der Waals surface area (Å²) < 4.78 is 5.28. The summed E-state index contributed by atoms with van der Waals surface area (Å²) in [4.78, 5) is 11.9. The number of carbonyl (C=O) groups is 1. The van der Waals surface area contributed by atoms with Crippen LogP contribution in [0, 0.1) is 13.8 Å². The minimum absolute atomic E-state index is 0.0745. The first-order valence-corrected chi connectivity index (χ1v) is 5.49. The fraction of sp³-hybridized carbons (Fsp3) is 0.462. The fourth-order valence-electron chi connectivity index (χ4n) is 1.77. The highest BCUT2D eigenvalue weighted by atomic mass is 16.5. The van der Waals surface area contributed by atoms with E-state index in [4.69, 9.17) is 4.74 Å². The lowest BCUT2D eigenvalue weighted by Crippen LogP contribution is -2.23. The quantitative estimate of drug-likeness (QED) is 0.774. The highest BCUT2D eigenvalue weighted by Crippen LogP contribution is 2.25. The number of benzene rings is 1. The number of likely N-dealkylation sites (N-methyl/N-ethyl adjacent to an activating group) is 1. The van der Waals surface area contributed by atoms with Crippen LogP contribution in [0.15, 0.2) is 12.1 Å². The van der Waals surface area contributed by atoms with Crippen molar-refractivity contribution in [2.45, 2.75) is 20.8 Å². The summed E-state index contributed by atoms with van der Waals surface area (Å²) in [5.41, 5.74) is 2.75. The summed E-state index contributed by atoms with van der Waals surface area (Å²) >= 11 is 0. The molecule has 0 amide bonds. The predicted molar refractivity (Wildman–Crippen MR) is 65.3 cm³/mol. The molecule has 1 rings (SSSR count). The van der Waals surface area contributed by atoms with E-state index >= 15 is 0 Å². The van der Waals surface area contributed by atoms with Gasteiger partial charge in [-0.2, -0.15) is 0 Å². The van der Waals surface area contributed by atoms with Gasteiger partial charge in [0.1, 0.15) is 5.75 Å². The number of rotatable bonds is 5. The van der Waals surface area contributed by atoms with Crippen molar-refractivity contribution in [3.8, 4) is 5.75 Å². The first kappa shape index (κ1) is 12.7. The van der Waals surface area contributed by atoms with Crippen LogP contribution in [0.25, 0.3) is 0 Å². The zero-order valence-electron chi connectivity index (χ0n) is 10.4. The van der Waals surface area contributed by atoms with Crippen LogP contribution in [0.2, 0.25) is 0 Å². The van der Waals surface area contributed by atoms with Gasteiger partial charge in [-0.05, 0) is 37.6 Å². The van der Waals surface area contributed by atoms with Crippen molar-refractivity contribution in [1.82, 2.24) is 5.32 Å². The number of Topliss-reactive ketones (excluding diaryl/α,β-unsaturated/α-hetero) is 1. The van der Waals surface area contributed by atoms with Crippen molar-refractivity contribution in [3.63, 3.8) is 0 Å². The third kappa shape index (κ3) is 2.83. The molecule has 0 aliphatic carbocycles. The highest BCUT2D eigenvalue weighted by Gasteiger charge is 2.14. The minimum atomic E-state index is 0.0745. The zero-order valence-corrected chi connectivity index (χ0v) is 10.4. The number of carbonyl (C=O) groups excluding carboxylic acids is 1. The zero-order chi connectivity index (χ0) is 12.1. The van der Waals surface area contributed by atoms with Crippen molar-refractivity contribution >= 4 is 5.78 Å². The first-order chi connectivity index (χ1) is 7.60. The molecule has 1 aromatic rings. The molecule has 0 saturated carbocycles. The molecular formula is C13H19NO2. The Labute approximate surface area is 96.8 Å². The van der Waals surface area contributed by atoms with E-state index in [0.717, 1.165) is 17.7 Å². The van der Waals surface area contributed by atoms with E-state index in [-0.39, 0.29) is 5.78 Å². The Hall–Kier alpha value is -1.35. The van der Waals surface area contributed by atoms with E-state index in [1.54, 1.807) is 7.11 Å². The monoisotopic (exact) mass is 221 g/mol. The van der Waals surface area contributed by atoms with Crippen molar-refractivity contribution in [1.29, 1.82) is 0 Å². The van der Waals surface area contributed by atoms with E-state index in [1.165, 1.54) is 0 Å². The lowest BCUT2D eigenvalue weighted by Gasteiger charge is -2.12. The topological polar surface area (TPSA) is 38.3 Å². The molecule has 0 radical (unpaired) electrons. The van der Waals surface area contributed by atoms with Crippen molar-refractivity contribution < 1.29 is 9.53 Å². The molecule has 0 fully saturated rings. The number of ketones is 1. The van der Waals surface area contributed by atoms with E-state index < -0.39 is 0 Å². The number of methoxy groups -OCH3 is 1. The maximum atomic E-state index is 11.9. The van der Waals surface area contributed by atoms with Crippen molar-refractivity contribution in [2.24, 2.45) is 0 Å². The first-order valence-electron chi connectivity index (χ1n) is 5.49. The molecule has 0 bridgehead atoms. The van der Waals surface area contributed by atoms with Gasteiger partial charge in [-0.25, -0.2) is 0 Å². The lowest BCUT2D eigenvalue weighted by molar-refractivity contribution is 0.0988. The molecule has 0 atom stereocenters. The summed E-state index contributed by atoms with van der Waals surface area (Å²) in [5.74, 6) is 0.763. The van der Waals surface area contributed by atoms with Crippen LogP contribution in [0.4, 0.5) is 0 Å². The molecule has 0 unspecified atom stereocenters. The molecule has 0 spiro atoms. The van der Waals surface area contributed by atoms with Gasteiger partial charge in [0, 0.05) is 0 Å². The third-order valence-corrected chi connectivity index (χ3v) is 2.46. The molecule has 88 valence electrons. The number of hydrogen-bond acceptors (Lipinski definition) is 3.